The van der Waals surface area contributed by atoms with Gasteiger partial charge < -0.3 is 10.2 Å². The number of thioether (sulfide) groups is 1. The van der Waals surface area contributed by atoms with Crippen LogP contribution in [0.2, 0.25) is 0 Å². The first-order valence-electron chi connectivity index (χ1n) is 9.54. The number of aryl methyl sites for hydroxylation is 1. The van der Waals surface area contributed by atoms with Crippen LogP contribution in [-0.4, -0.2) is 58.8 Å². The summed E-state index contributed by atoms with van der Waals surface area (Å²) in [4.78, 5) is 14.6. The SMILES string of the molecule is CCN(C(=O)C(C)Sc1nnc(Nc2cccc(C)c2C)s1)C1CCS(=O)(=O)C1. The number of carbonyl (C=O) groups excluding carboxylic acids is 1. The van der Waals surface area contributed by atoms with Gasteiger partial charge in [0.2, 0.25) is 11.0 Å². The highest BCUT2D eigenvalue weighted by atomic mass is 32.2. The molecule has 0 radical (unpaired) electrons. The Morgan fingerprint density at radius 2 is 2.14 bits per heavy atom. The molecule has 2 heterocycles. The van der Waals surface area contributed by atoms with E-state index >= 15 is 0 Å². The Morgan fingerprint density at radius 1 is 1.38 bits per heavy atom. The highest BCUT2D eigenvalue weighted by Crippen LogP contribution is 2.32. The second-order valence-corrected chi connectivity index (χ2v) is 12.0. The number of nitrogens with one attached hydrogen (secondary N) is 1. The van der Waals surface area contributed by atoms with Crippen molar-refractivity contribution in [2.24, 2.45) is 0 Å². The first kappa shape index (κ1) is 22.0. The van der Waals surface area contributed by atoms with E-state index in [-0.39, 0.29) is 28.7 Å². The van der Waals surface area contributed by atoms with E-state index in [4.69, 9.17) is 0 Å². The molecule has 29 heavy (non-hydrogen) atoms. The highest BCUT2D eigenvalue weighted by Gasteiger charge is 2.35. The molecule has 1 N–H and O–H groups in total. The molecule has 1 saturated heterocycles. The predicted octanol–water partition coefficient (Wildman–Crippen LogP) is 3.41. The zero-order valence-electron chi connectivity index (χ0n) is 17.0. The van der Waals surface area contributed by atoms with Crippen molar-refractivity contribution >= 4 is 49.7 Å². The molecule has 1 aliphatic rings. The summed E-state index contributed by atoms with van der Waals surface area (Å²) in [6, 6.07) is 5.82. The maximum atomic E-state index is 12.9. The topological polar surface area (TPSA) is 92.3 Å². The molecule has 1 fully saturated rings. The van der Waals surface area contributed by atoms with Gasteiger partial charge in [-0.25, -0.2) is 8.42 Å². The quantitative estimate of drug-likeness (QED) is 0.641. The Hall–Kier alpha value is -1.65. The van der Waals surface area contributed by atoms with Gasteiger partial charge in [0.15, 0.2) is 14.2 Å². The van der Waals surface area contributed by atoms with E-state index in [0.717, 1.165) is 11.3 Å². The van der Waals surface area contributed by atoms with E-state index in [2.05, 4.69) is 35.4 Å². The van der Waals surface area contributed by atoms with Crippen molar-refractivity contribution in [2.45, 2.75) is 49.7 Å². The minimum Gasteiger partial charge on any atom is -0.338 e. The number of rotatable bonds is 7. The summed E-state index contributed by atoms with van der Waals surface area (Å²) in [5.74, 6) is 0.165. The smallest absolute Gasteiger partial charge is 0.236 e. The van der Waals surface area contributed by atoms with Crippen LogP contribution in [0.25, 0.3) is 0 Å². The van der Waals surface area contributed by atoms with Gasteiger partial charge >= 0.3 is 0 Å². The monoisotopic (exact) mass is 454 g/mol. The van der Waals surface area contributed by atoms with Gasteiger partial charge in [-0.15, -0.1) is 10.2 Å². The van der Waals surface area contributed by atoms with Crippen LogP contribution in [0, 0.1) is 13.8 Å². The molecule has 2 atom stereocenters. The molecule has 2 aromatic rings. The summed E-state index contributed by atoms with van der Waals surface area (Å²) in [6.07, 6.45) is 0.516. The van der Waals surface area contributed by atoms with Crippen molar-refractivity contribution in [1.82, 2.24) is 15.1 Å². The number of hydrogen-bond donors (Lipinski definition) is 1. The Balaban J connectivity index is 1.64. The average molecular weight is 455 g/mol. The second-order valence-electron chi connectivity index (χ2n) is 7.19. The Morgan fingerprint density at radius 3 is 2.79 bits per heavy atom. The summed E-state index contributed by atoms with van der Waals surface area (Å²) in [6.45, 7) is 8.33. The number of nitrogens with zero attached hydrogens (tertiary/aromatic N) is 3. The maximum Gasteiger partial charge on any atom is 0.236 e. The number of amides is 1. The second kappa shape index (κ2) is 9.01. The lowest BCUT2D eigenvalue weighted by Crippen LogP contribution is -2.44. The number of hydrogen-bond acceptors (Lipinski definition) is 8. The minimum absolute atomic E-state index is 0.0566. The van der Waals surface area contributed by atoms with Crippen LogP contribution in [0.5, 0.6) is 0 Å². The number of carbonyl (C=O) groups is 1. The van der Waals surface area contributed by atoms with Gasteiger partial charge in [0.25, 0.3) is 0 Å². The number of anilines is 2. The maximum absolute atomic E-state index is 12.9. The fourth-order valence-electron chi connectivity index (χ4n) is 3.36. The molecule has 0 saturated carbocycles. The molecule has 0 spiro atoms. The van der Waals surface area contributed by atoms with E-state index in [9.17, 15) is 13.2 Å². The predicted molar refractivity (Wildman–Crippen MR) is 119 cm³/mol. The van der Waals surface area contributed by atoms with Crippen molar-refractivity contribution in [1.29, 1.82) is 0 Å². The van der Waals surface area contributed by atoms with Crippen molar-refractivity contribution in [3.63, 3.8) is 0 Å². The van der Waals surface area contributed by atoms with Crippen LogP contribution in [-0.2, 0) is 14.6 Å². The molecular weight excluding hydrogens is 428 g/mol. The largest absolute Gasteiger partial charge is 0.338 e. The lowest BCUT2D eigenvalue weighted by Gasteiger charge is -2.29. The normalized spacial score (nSPS) is 19.1. The van der Waals surface area contributed by atoms with Crippen LogP contribution in [0.3, 0.4) is 0 Å². The number of sulfone groups is 1. The number of benzene rings is 1. The van der Waals surface area contributed by atoms with E-state index in [0.29, 0.717) is 22.4 Å². The highest BCUT2D eigenvalue weighted by molar-refractivity contribution is 8.02. The lowest BCUT2D eigenvalue weighted by molar-refractivity contribution is -0.131. The first-order valence-corrected chi connectivity index (χ1v) is 13.1. The molecule has 1 amide bonds. The Labute approximate surface area is 180 Å². The van der Waals surface area contributed by atoms with Gasteiger partial charge in [-0.3, -0.25) is 4.79 Å². The molecular formula is C19H26N4O3S3. The molecule has 2 unspecified atom stereocenters. The van der Waals surface area contributed by atoms with Crippen LogP contribution < -0.4 is 5.32 Å². The third-order valence-electron chi connectivity index (χ3n) is 5.15. The van der Waals surface area contributed by atoms with Gasteiger partial charge in [-0.2, -0.15) is 0 Å². The van der Waals surface area contributed by atoms with Crippen LogP contribution >= 0.6 is 23.1 Å². The Bertz CT molecular complexity index is 990. The molecule has 10 heteroatoms. The zero-order chi connectivity index (χ0) is 21.2. The standard InChI is InChI=1S/C19H26N4O3S3/c1-5-23(15-9-10-29(25,26)11-15)17(24)14(4)27-19-22-21-18(28-19)20-16-8-6-7-12(2)13(16)3/h6-8,14-15H,5,9-11H2,1-4H3,(H,20,21). The minimum atomic E-state index is -3.03. The summed E-state index contributed by atoms with van der Waals surface area (Å²) in [5, 5.41) is 12.0. The molecule has 1 aliphatic heterocycles. The molecule has 1 aromatic heterocycles. The van der Waals surface area contributed by atoms with Crippen LogP contribution in [0.15, 0.2) is 22.5 Å². The van der Waals surface area contributed by atoms with Crippen molar-refractivity contribution in [3.8, 4) is 0 Å². The van der Waals surface area contributed by atoms with Crippen LogP contribution in [0.1, 0.15) is 31.4 Å². The van der Waals surface area contributed by atoms with Gasteiger partial charge in [0.05, 0.1) is 16.8 Å². The first-order chi connectivity index (χ1) is 13.7. The third-order valence-corrected chi connectivity index (χ3v) is 8.91. The Kier molecular flexibility index (Phi) is 6.85. The van der Waals surface area contributed by atoms with Crippen molar-refractivity contribution in [3.05, 3.63) is 29.3 Å². The molecule has 7 nitrogen and oxygen atoms in total. The fraction of sp³-hybridized carbons (Fsp3) is 0.526. The van der Waals surface area contributed by atoms with Crippen molar-refractivity contribution < 1.29 is 13.2 Å². The summed E-state index contributed by atoms with van der Waals surface area (Å²) < 4.78 is 24.3. The summed E-state index contributed by atoms with van der Waals surface area (Å²) >= 11 is 2.76. The van der Waals surface area contributed by atoms with Gasteiger partial charge in [0.1, 0.15) is 0 Å². The van der Waals surface area contributed by atoms with Gasteiger partial charge in [-0.1, -0.05) is 35.2 Å². The third kappa shape index (κ3) is 5.29. The lowest BCUT2D eigenvalue weighted by atomic mass is 10.1. The molecule has 0 aliphatic carbocycles. The van der Waals surface area contributed by atoms with Crippen molar-refractivity contribution in [2.75, 3.05) is 23.4 Å². The van der Waals surface area contributed by atoms with E-state index in [1.807, 2.05) is 26.0 Å². The van der Waals surface area contributed by atoms with Gasteiger partial charge in [0, 0.05) is 18.3 Å². The van der Waals surface area contributed by atoms with E-state index in [1.54, 1.807) is 4.90 Å². The van der Waals surface area contributed by atoms with Gasteiger partial charge in [-0.05, 0) is 51.3 Å². The molecule has 0 bridgehead atoms. The van der Waals surface area contributed by atoms with Crippen LogP contribution in [0.4, 0.5) is 10.8 Å². The average Bonchev–Trinajstić information content (AvgIpc) is 3.25. The summed E-state index contributed by atoms with van der Waals surface area (Å²) in [7, 11) is -3.03. The molecule has 158 valence electrons. The fourth-order valence-corrected chi connectivity index (χ4v) is 7.07. The molecule has 1 aromatic carbocycles. The number of aromatic nitrogens is 2. The van der Waals surface area contributed by atoms with E-state index < -0.39 is 9.84 Å². The zero-order valence-corrected chi connectivity index (χ0v) is 19.5. The molecule has 3 rings (SSSR count). The van der Waals surface area contributed by atoms with E-state index in [1.165, 1.54) is 28.7 Å². The summed E-state index contributed by atoms with van der Waals surface area (Å²) in [5.41, 5.74) is 3.34.